The van der Waals surface area contributed by atoms with Crippen LogP contribution in [0.5, 0.6) is 0 Å². The first-order valence-corrected chi connectivity index (χ1v) is 11.9. The molecule has 2 aromatic rings. The van der Waals surface area contributed by atoms with Gasteiger partial charge in [-0.2, -0.15) is 0 Å². The van der Waals surface area contributed by atoms with Crippen LogP contribution in [0.15, 0.2) is 71.9 Å². The number of aliphatic carboxylic acids is 1. The molecule has 4 rings (SSSR count). The van der Waals surface area contributed by atoms with Gasteiger partial charge in [-0.3, -0.25) is 19.3 Å². The number of ether oxygens (including phenoxy) is 2. The summed E-state index contributed by atoms with van der Waals surface area (Å²) >= 11 is 1.24. The molecule has 2 aliphatic heterocycles. The Morgan fingerprint density at radius 2 is 1.69 bits per heavy atom. The van der Waals surface area contributed by atoms with Crippen molar-refractivity contribution in [3.63, 3.8) is 0 Å². The number of nitrogens with zero attached hydrogens (tertiary/aromatic N) is 1. The molecular formula is C25H24N2O7S. The molecule has 2 aliphatic rings. The number of carbonyl (C=O) groups is 4. The van der Waals surface area contributed by atoms with Gasteiger partial charge in [0.2, 0.25) is 5.91 Å². The van der Waals surface area contributed by atoms with Crippen molar-refractivity contribution in [3.8, 4) is 0 Å². The molecule has 2 N–H and O–H groups in total. The molecule has 2 amide bonds. The van der Waals surface area contributed by atoms with Gasteiger partial charge in [-0.05, 0) is 11.1 Å². The molecule has 0 bridgehead atoms. The van der Waals surface area contributed by atoms with E-state index in [0.717, 1.165) is 16.0 Å². The molecule has 35 heavy (non-hydrogen) atoms. The summed E-state index contributed by atoms with van der Waals surface area (Å²) in [5.74, 6) is -2.81. The van der Waals surface area contributed by atoms with Gasteiger partial charge >= 0.3 is 11.9 Å². The van der Waals surface area contributed by atoms with Crippen LogP contribution in [0.4, 0.5) is 0 Å². The van der Waals surface area contributed by atoms with Crippen LogP contribution in [0.3, 0.4) is 0 Å². The number of esters is 1. The van der Waals surface area contributed by atoms with Gasteiger partial charge in [0.05, 0.1) is 13.0 Å². The SMILES string of the molecule is CC(=O)OCC1=C(C(=O)O)N2C(=O)[C@](NC(=O)Cc3ccccc3)(OCc3ccccc3)[C@H]2SC1. The van der Waals surface area contributed by atoms with E-state index in [9.17, 15) is 24.3 Å². The van der Waals surface area contributed by atoms with Gasteiger partial charge in [-0.25, -0.2) is 4.79 Å². The summed E-state index contributed by atoms with van der Waals surface area (Å²) in [6, 6.07) is 18.2. The largest absolute Gasteiger partial charge is 0.477 e. The van der Waals surface area contributed by atoms with Crippen molar-refractivity contribution in [3.05, 3.63) is 83.1 Å². The highest BCUT2D eigenvalue weighted by Gasteiger charge is 2.67. The van der Waals surface area contributed by atoms with E-state index in [2.05, 4.69) is 5.32 Å². The maximum Gasteiger partial charge on any atom is 0.352 e. The first kappa shape index (κ1) is 24.5. The number of hydrogen-bond donors (Lipinski definition) is 2. The predicted octanol–water partition coefficient (Wildman–Crippen LogP) is 2.08. The number of benzene rings is 2. The molecule has 0 aliphatic carbocycles. The summed E-state index contributed by atoms with van der Waals surface area (Å²) in [6.45, 7) is 1.02. The van der Waals surface area contributed by atoms with Gasteiger partial charge in [0.15, 0.2) is 0 Å². The molecule has 0 aromatic heterocycles. The molecule has 2 aromatic carbocycles. The van der Waals surface area contributed by atoms with E-state index >= 15 is 0 Å². The number of hydrogen-bond acceptors (Lipinski definition) is 7. The zero-order valence-corrected chi connectivity index (χ0v) is 19.7. The molecule has 2 atom stereocenters. The fourth-order valence-corrected chi connectivity index (χ4v) is 5.37. The number of rotatable bonds is 9. The summed E-state index contributed by atoms with van der Waals surface area (Å²) in [6.07, 6.45) is 0.0290. The number of nitrogens with one attached hydrogen (secondary N) is 1. The van der Waals surface area contributed by atoms with Gasteiger partial charge in [0.25, 0.3) is 11.6 Å². The number of fused-ring (bicyclic) bond motifs is 1. The maximum atomic E-state index is 13.5. The van der Waals surface area contributed by atoms with Gasteiger partial charge < -0.3 is 19.9 Å². The molecule has 0 unspecified atom stereocenters. The van der Waals surface area contributed by atoms with Gasteiger partial charge in [-0.15, -0.1) is 11.8 Å². The lowest BCUT2D eigenvalue weighted by Gasteiger charge is -2.56. The highest BCUT2D eigenvalue weighted by Crippen LogP contribution is 2.47. The lowest BCUT2D eigenvalue weighted by molar-refractivity contribution is -0.201. The lowest BCUT2D eigenvalue weighted by atomic mass is 9.97. The maximum absolute atomic E-state index is 13.5. The monoisotopic (exact) mass is 496 g/mol. The molecule has 1 saturated heterocycles. The Balaban J connectivity index is 1.61. The summed E-state index contributed by atoms with van der Waals surface area (Å²) in [7, 11) is 0. The molecule has 10 heteroatoms. The zero-order valence-electron chi connectivity index (χ0n) is 18.9. The van der Waals surface area contributed by atoms with Crippen molar-refractivity contribution in [2.75, 3.05) is 12.4 Å². The molecule has 0 spiro atoms. The minimum Gasteiger partial charge on any atom is -0.477 e. The standard InChI is InChI=1S/C25H24N2O7S/c1-16(28)33-14-19-15-35-24-25(23(32)27(24)21(19)22(30)31,34-13-18-10-6-3-7-11-18)26-20(29)12-17-8-4-2-5-9-17/h2-11,24H,12-15H2,1H3,(H,26,29)(H,30,31)/t24-,25+/m1/s1. The van der Waals surface area contributed by atoms with E-state index in [-0.39, 0.29) is 31.1 Å². The Kier molecular flexibility index (Phi) is 7.23. The Morgan fingerprint density at radius 1 is 1.06 bits per heavy atom. The number of amides is 2. The Morgan fingerprint density at radius 3 is 2.29 bits per heavy atom. The van der Waals surface area contributed by atoms with E-state index < -0.39 is 34.9 Å². The summed E-state index contributed by atoms with van der Waals surface area (Å²) in [5, 5.41) is 11.8. The average molecular weight is 497 g/mol. The van der Waals surface area contributed by atoms with E-state index in [4.69, 9.17) is 9.47 Å². The quantitative estimate of drug-likeness (QED) is 0.307. The molecule has 9 nitrogen and oxygen atoms in total. The van der Waals surface area contributed by atoms with E-state index in [1.54, 1.807) is 12.1 Å². The van der Waals surface area contributed by atoms with Crippen molar-refractivity contribution in [1.82, 2.24) is 10.2 Å². The number of carboxylic acid groups (broad SMARTS) is 1. The Hall–Kier alpha value is -3.63. The second-order valence-corrected chi connectivity index (χ2v) is 9.17. The van der Waals surface area contributed by atoms with Crippen LogP contribution in [0.1, 0.15) is 18.1 Å². The first-order valence-electron chi connectivity index (χ1n) is 10.9. The molecule has 2 heterocycles. The first-order chi connectivity index (χ1) is 16.8. The van der Waals surface area contributed by atoms with Crippen LogP contribution < -0.4 is 5.32 Å². The molecule has 182 valence electrons. The Bertz CT molecular complexity index is 1170. The Labute approximate surface area is 206 Å². The number of β-lactam (4-membered cyclic amide) rings is 1. The van der Waals surface area contributed by atoms with E-state index in [1.165, 1.54) is 18.7 Å². The molecule has 0 saturated carbocycles. The number of carbonyl (C=O) groups excluding carboxylic acids is 3. The number of carboxylic acids is 1. The van der Waals surface area contributed by atoms with Crippen LogP contribution in [0.2, 0.25) is 0 Å². The van der Waals surface area contributed by atoms with Crippen LogP contribution >= 0.6 is 11.8 Å². The molecular weight excluding hydrogens is 472 g/mol. The van der Waals surface area contributed by atoms with Crippen molar-refractivity contribution >= 4 is 35.5 Å². The third kappa shape index (κ3) is 5.08. The van der Waals surface area contributed by atoms with Crippen molar-refractivity contribution in [2.24, 2.45) is 0 Å². The minimum atomic E-state index is -1.74. The fourth-order valence-electron chi connectivity index (χ4n) is 3.98. The van der Waals surface area contributed by atoms with E-state index in [1.807, 2.05) is 48.5 Å². The van der Waals surface area contributed by atoms with E-state index in [0.29, 0.717) is 5.57 Å². The number of thioether (sulfide) groups is 1. The fraction of sp³-hybridized carbons (Fsp3) is 0.280. The lowest BCUT2D eigenvalue weighted by Crippen LogP contribution is -2.81. The van der Waals surface area contributed by atoms with Crippen molar-refractivity contribution in [1.29, 1.82) is 0 Å². The van der Waals surface area contributed by atoms with Gasteiger partial charge in [0, 0.05) is 18.2 Å². The summed E-state index contributed by atoms with van der Waals surface area (Å²) in [4.78, 5) is 50.8. The second kappa shape index (κ2) is 10.3. The minimum absolute atomic E-state index is 0.0290. The van der Waals surface area contributed by atoms with Crippen LogP contribution in [0.25, 0.3) is 0 Å². The third-order valence-electron chi connectivity index (χ3n) is 5.60. The van der Waals surface area contributed by atoms with Crippen molar-refractivity contribution in [2.45, 2.75) is 31.1 Å². The van der Waals surface area contributed by atoms with Crippen LogP contribution in [-0.4, -0.2) is 57.2 Å². The third-order valence-corrected chi connectivity index (χ3v) is 6.98. The van der Waals surface area contributed by atoms with Crippen molar-refractivity contribution < 1.29 is 33.8 Å². The predicted molar refractivity (Wildman–Crippen MR) is 127 cm³/mol. The molecule has 1 fully saturated rings. The highest BCUT2D eigenvalue weighted by molar-refractivity contribution is 8.00. The smallest absolute Gasteiger partial charge is 0.352 e. The summed E-state index contributed by atoms with van der Waals surface area (Å²) < 4.78 is 11.0. The average Bonchev–Trinajstić information content (AvgIpc) is 2.85. The zero-order chi connectivity index (χ0) is 25.0. The highest BCUT2D eigenvalue weighted by atomic mass is 32.2. The topological polar surface area (TPSA) is 122 Å². The normalized spacial score (nSPS) is 21.1. The van der Waals surface area contributed by atoms with Crippen LogP contribution in [0, 0.1) is 0 Å². The second-order valence-electron chi connectivity index (χ2n) is 8.10. The van der Waals surface area contributed by atoms with Gasteiger partial charge in [0.1, 0.15) is 17.7 Å². The van der Waals surface area contributed by atoms with Crippen LogP contribution in [-0.2, 0) is 41.7 Å². The summed E-state index contributed by atoms with van der Waals surface area (Å²) in [5.41, 5.74) is -0.135. The molecule has 0 radical (unpaired) electrons. The van der Waals surface area contributed by atoms with Gasteiger partial charge in [-0.1, -0.05) is 60.7 Å².